The maximum absolute atomic E-state index is 5.32. The van der Waals surface area contributed by atoms with Crippen molar-refractivity contribution in [1.82, 2.24) is 15.0 Å². The maximum atomic E-state index is 5.32. The van der Waals surface area contributed by atoms with Crippen LogP contribution in [-0.4, -0.2) is 28.2 Å². The van der Waals surface area contributed by atoms with Crippen molar-refractivity contribution in [3.63, 3.8) is 0 Å². The monoisotopic (exact) mass is 274 g/mol. The molecule has 0 saturated carbocycles. The van der Waals surface area contributed by atoms with E-state index in [1.165, 1.54) is 0 Å². The number of benzene rings is 1. The zero-order chi connectivity index (χ0) is 14.4. The number of rotatable bonds is 6. The van der Waals surface area contributed by atoms with E-state index in [-0.39, 0.29) is 12.0 Å². The second kappa shape index (κ2) is 6.70. The lowest BCUT2D eigenvalue weighted by molar-refractivity contribution is 0.280. The summed E-state index contributed by atoms with van der Waals surface area (Å²) in [4.78, 5) is 12.5. The van der Waals surface area contributed by atoms with Crippen LogP contribution in [0.3, 0.4) is 0 Å². The number of para-hydroxylation sites is 1. The molecule has 1 aromatic carbocycles. The van der Waals surface area contributed by atoms with Gasteiger partial charge in [-0.2, -0.15) is 9.97 Å². The average molecular weight is 274 g/mol. The van der Waals surface area contributed by atoms with E-state index in [1.807, 2.05) is 45.0 Å². The number of ether oxygens (including phenoxy) is 2. The lowest BCUT2D eigenvalue weighted by Gasteiger charge is -2.10. The molecule has 0 bridgehead atoms. The standard InChI is InChI=1S/C14H18N4O2/c1-4-19-13-16-12(17-14(18-13)20-5-2)15-11-9-7-6-8-10(11)3/h6-9H,4-5H2,1-3H3,(H,15,16,17,18). The number of aromatic nitrogens is 3. The highest BCUT2D eigenvalue weighted by Crippen LogP contribution is 2.20. The molecule has 0 radical (unpaired) electrons. The molecule has 1 aromatic heterocycles. The molecule has 0 spiro atoms. The summed E-state index contributed by atoms with van der Waals surface area (Å²) in [5.74, 6) is 0.404. The van der Waals surface area contributed by atoms with E-state index in [4.69, 9.17) is 9.47 Å². The lowest BCUT2D eigenvalue weighted by Crippen LogP contribution is -2.07. The van der Waals surface area contributed by atoms with Gasteiger partial charge in [0.1, 0.15) is 0 Å². The Bertz CT molecular complexity index is 551. The van der Waals surface area contributed by atoms with E-state index in [2.05, 4.69) is 20.3 Å². The van der Waals surface area contributed by atoms with Crippen molar-refractivity contribution >= 4 is 11.6 Å². The van der Waals surface area contributed by atoms with E-state index >= 15 is 0 Å². The number of hydrogen-bond acceptors (Lipinski definition) is 6. The predicted molar refractivity (Wildman–Crippen MR) is 76.6 cm³/mol. The van der Waals surface area contributed by atoms with Gasteiger partial charge >= 0.3 is 12.0 Å². The summed E-state index contributed by atoms with van der Waals surface area (Å²) in [5.41, 5.74) is 2.03. The second-order valence-electron chi connectivity index (χ2n) is 4.03. The molecule has 0 unspecified atom stereocenters. The lowest BCUT2D eigenvalue weighted by atomic mass is 10.2. The smallest absolute Gasteiger partial charge is 0.324 e. The Morgan fingerprint density at radius 3 is 2.10 bits per heavy atom. The Kier molecular flexibility index (Phi) is 4.70. The van der Waals surface area contributed by atoms with Crippen LogP contribution in [0, 0.1) is 6.92 Å². The summed E-state index contributed by atoms with van der Waals surface area (Å²) in [6, 6.07) is 8.40. The molecular formula is C14H18N4O2. The third-order valence-electron chi connectivity index (χ3n) is 2.53. The highest BCUT2D eigenvalue weighted by Gasteiger charge is 2.09. The van der Waals surface area contributed by atoms with E-state index in [0.717, 1.165) is 11.3 Å². The summed E-state index contributed by atoms with van der Waals surface area (Å²) in [5, 5.41) is 3.15. The van der Waals surface area contributed by atoms with Gasteiger partial charge in [-0.15, -0.1) is 4.98 Å². The molecule has 106 valence electrons. The molecule has 2 aromatic rings. The third kappa shape index (κ3) is 3.57. The first kappa shape index (κ1) is 14.0. The summed E-state index contributed by atoms with van der Waals surface area (Å²) in [6.45, 7) is 6.73. The molecule has 0 atom stereocenters. The van der Waals surface area contributed by atoms with Gasteiger partial charge in [0, 0.05) is 5.69 Å². The summed E-state index contributed by atoms with van der Waals surface area (Å²) in [6.07, 6.45) is 0. The first-order valence-corrected chi connectivity index (χ1v) is 6.57. The SMILES string of the molecule is CCOc1nc(Nc2ccccc2C)nc(OCC)n1. The fourth-order valence-corrected chi connectivity index (χ4v) is 1.61. The minimum atomic E-state index is 0.252. The molecule has 0 aliphatic rings. The first-order valence-electron chi connectivity index (χ1n) is 6.57. The normalized spacial score (nSPS) is 10.2. The molecular weight excluding hydrogens is 256 g/mol. The topological polar surface area (TPSA) is 69.2 Å². The largest absolute Gasteiger partial charge is 0.464 e. The summed E-state index contributed by atoms with van der Waals surface area (Å²) in [7, 11) is 0. The fourth-order valence-electron chi connectivity index (χ4n) is 1.61. The second-order valence-corrected chi connectivity index (χ2v) is 4.03. The number of nitrogens with zero attached hydrogens (tertiary/aromatic N) is 3. The van der Waals surface area contributed by atoms with Gasteiger partial charge in [0.25, 0.3) is 0 Å². The molecule has 0 amide bonds. The minimum Gasteiger partial charge on any atom is -0.464 e. The zero-order valence-corrected chi connectivity index (χ0v) is 11.9. The van der Waals surface area contributed by atoms with Crippen LogP contribution in [0.25, 0.3) is 0 Å². The number of nitrogens with one attached hydrogen (secondary N) is 1. The predicted octanol–water partition coefficient (Wildman–Crippen LogP) is 2.72. The minimum absolute atomic E-state index is 0.252. The molecule has 0 aliphatic heterocycles. The van der Waals surface area contributed by atoms with E-state index < -0.39 is 0 Å². The van der Waals surface area contributed by atoms with Crippen LogP contribution >= 0.6 is 0 Å². The Hall–Kier alpha value is -2.37. The number of anilines is 2. The van der Waals surface area contributed by atoms with Gasteiger partial charge in [0.2, 0.25) is 5.95 Å². The molecule has 0 fully saturated rings. The Labute approximate surface area is 118 Å². The van der Waals surface area contributed by atoms with Crippen molar-refractivity contribution in [3.8, 4) is 12.0 Å². The molecule has 6 heteroatoms. The van der Waals surface area contributed by atoms with Gasteiger partial charge in [0.15, 0.2) is 0 Å². The van der Waals surface area contributed by atoms with Crippen molar-refractivity contribution < 1.29 is 9.47 Å². The highest BCUT2D eigenvalue weighted by atomic mass is 16.5. The van der Waals surface area contributed by atoms with E-state index in [9.17, 15) is 0 Å². The molecule has 6 nitrogen and oxygen atoms in total. The van der Waals surface area contributed by atoms with Gasteiger partial charge in [0.05, 0.1) is 13.2 Å². The van der Waals surface area contributed by atoms with Crippen LogP contribution < -0.4 is 14.8 Å². The molecule has 20 heavy (non-hydrogen) atoms. The van der Waals surface area contributed by atoms with Crippen LogP contribution in [-0.2, 0) is 0 Å². The van der Waals surface area contributed by atoms with Crippen molar-refractivity contribution in [2.75, 3.05) is 18.5 Å². The van der Waals surface area contributed by atoms with Gasteiger partial charge in [-0.1, -0.05) is 18.2 Å². The maximum Gasteiger partial charge on any atom is 0.324 e. The molecule has 1 heterocycles. The van der Waals surface area contributed by atoms with Crippen LogP contribution in [0.15, 0.2) is 24.3 Å². The molecule has 0 aliphatic carbocycles. The van der Waals surface area contributed by atoms with Crippen LogP contribution in [0.4, 0.5) is 11.6 Å². The van der Waals surface area contributed by atoms with Crippen LogP contribution in [0.5, 0.6) is 12.0 Å². The average Bonchev–Trinajstić information content (AvgIpc) is 2.42. The van der Waals surface area contributed by atoms with Gasteiger partial charge in [-0.25, -0.2) is 0 Å². The number of hydrogen-bond donors (Lipinski definition) is 1. The summed E-state index contributed by atoms with van der Waals surface area (Å²) < 4.78 is 10.6. The third-order valence-corrected chi connectivity index (χ3v) is 2.53. The summed E-state index contributed by atoms with van der Waals surface area (Å²) >= 11 is 0. The van der Waals surface area contributed by atoms with E-state index in [1.54, 1.807) is 0 Å². The molecule has 2 rings (SSSR count). The Morgan fingerprint density at radius 2 is 1.55 bits per heavy atom. The van der Waals surface area contributed by atoms with E-state index in [0.29, 0.717) is 19.2 Å². The highest BCUT2D eigenvalue weighted by molar-refractivity contribution is 5.58. The van der Waals surface area contributed by atoms with Gasteiger partial charge in [-0.05, 0) is 32.4 Å². The Morgan fingerprint density at radius 1 is 0.950 bits per heavy atom. The van der Waals surface area contributed by atoms with Crippen LogP contribution in [0.2, 0.25) is 0 Å². The first-order chi connectivity index (χ1) is 9.72. The number of aryl methyl sites for hydroxylation is 1. The zero-order valence-electron chi connectivity index (χ0n) is 11.9. The quantitative estimate of drug-likeness (QED) is 0.873. The van der Waals surface area contributed by atoms with Crippen molar-refractivity contribution in [2.45, 2.75) is 20.8 Å². The fraction of sp³-hybridized carbons (Fsp3) is 0.357. The van der Waals surface area contributed by atoms with Crippen molar-refractivity contribution in [3.05, 3.63) is 29.8 Å². The molecule has 1 N–H and O–H groups in total. The van der Waals surface area contributed by atoms with Crippen molar-refractivity contribution in [1.29, 1.82) is 0 Å². The Balaban J connectivity index is 2.28. The van der Waals surface area contributed by atoms with Crippen molar-refractivity contribution in [2.24, 2.45) is 0 Å². The van der Waals surface area contributed by atoms with Gasteiger partial charge in [-0.3, -0.25) is 0 Å². The van der Waals surface area contributed by atoms with Gasteiger partial charge < -0.3 is 14.8 Å². The van der Waals surface area contributed by atoms with Crippen LogP contribution in [0.1, 0.15) is 19.4 Å². The molecule has 0 saturated heterocycles.